The quantitative estimate of drug-likeness (QED) is 0.255. The molecule has 0 aromatic heterocycles. The first kappa shape index (κ1) is 43.6. The van der Waals surface area contributed by atoms with Crippen molar-refractivity contribution in [1.82, 2.24) is 0 Å². The summed E-state index contributed by atoms with van der Waals surface area (Å²) >= 11 is 0. The van der Waals surface area contributed by atoms with Gasteiger partial charge >= 0.3 is 34.1 Å². The van der Waals surface area contributed by atoms with Gasteiger partial charge in [0.15, 0.2) is 11.6 Å². The van der Waals surface area contributed by atoms with E-state index in [1.54, 1.807) is 27.7 Å². The summed E-state index contributed by atoms with van der Waals surface area (Å²) in [4.78, 5) is 41.1. The molecule has 15 heteroatoms. The molecule has 0 saturated heterocycles. The average molecular weight is 562 g/mol. The maximum Gasteiger partial charge on any atom is 2.00 e. The van der Waals surface area contributed by atoms with Gasteiger partial charge in [0, 0.05) is 37.0 Å². The minimum Gasteiger partial charge on any atom is -0.550 e. The molecule has 35 heavy (non-hydrogen) atoms. The van der Waals surface area contributed by atoms with Crippen molar-refractivity contribution in [3.05, 3.63) is 0 Å². The third-order valence-corrected chi connectivity index (χ3v) is 3.02. The zero-order valence-corrected chi connectivity index (χ0v) is 21.8. The molecule has 0 aromatic carbocycles. The van der Waals surface area contributed by atoms with Gasteiger partial charge in [-0.2, -0.15) is 26.3 Å². The van der Waals surface area contributed by atoms with E-state index in [1.165, 1.54) is 13.8 Å². The molecule has 0 amide bonds. The summed E-state index contributed by atoms with van der Waals surface area (Å²) in [7, 11) is 0. The van der Waals surface area contributed by atoms with Gasteiger partial charge in [-0.1, -0.05) is 13.8 Å². The number of carbonyl (C=O) groups is 4. The molecule has 8 nitrogen and oxygen atoms in total. The van der Waals surface area contributed by atoms with Crippen LogP contribution in [0.2, 0.25) is 0 Å². The zero-order valence-electron chi connectivity index (χ0n) is 20.2. The molecule has 0 aliphatic heterocycles. The Morgan fingerprint density at radius 1 is 0.657 bits per heavy atom. The standard InChI is InChI=1S/2C7H9F3O3.2C3H8O.Ti/c2*1-2-4(7(8,9)10)5(11)3-6(12)13;2*1-3(2)4;/h2*4H,2-3H2,1H3,(H,12,13);2*3-4H,1-2H3;/q;;;;+2/p-2. The van der Waals surface area contributed by atoms with Crippen molar-refractivity contribution in [3.63, 3.8) is 0 Å². The maximum absolute atomic E-state index is 12.0. The fourth-order valence-corrected chi connectivity index (χ4v) is 1.81. The van der Waals surface area contributed by atoms with Gasteiger partial charge in [-0.15, -0.1) is 0 Å². The molecule has 0 aliphatic rings. The molecule has 0 aliphatic carbocycles. The first-order valence-corrected chi connectivity index (χ1v) is 9.98. The van der Waals surface area contributed by atoms with E-state index in [2.05, 4.69) is 0 Å². The Morgan fingerprint density at radius 2 is 0.829 bits per heavy atom. The molecule has 2 unspecified atom stereocenters. The fraction of sp³-hybridized carbons (Fsp3) is 0.800. The van der Waals surface area contributed by atoms with E-state index in [4.69, 9.17) is 10.2 Å². The summed E-state index contributed by atoms with van der Waals surface area (Å²) in [5.41, 5.74) is 0. The number of halogens is 6. The number of alkyl halides is 6. The molecule has 0 radical (unpaired) electrons. The van der Waals surface area contributed by atoms with E-state index in [9.17, 15) is 55.7 Å². The number of aliphatic carboxylic acids is 2. The van der Waals surface area contributed by atoms with Crippen molar-refractivity contribution >= 4 is 23.5 Å². The smallest absolute Gasteiger partial charge is 0.550 e. The summed E-state index contributed by atoms with van der Waals surface area (Å²) in [5, 5.41) is 35.8. The molecule has 0 aromatic rings. The van der Waals surface area contributed by atoms with Crippen LogP contribution in [0.5, 0.6) is 0 Å². The third-order valence-electron chi connectivity index (χ3n) is 3.02. The molecule has 0 spiro atoms. The molecule has 0 heterocycles. The minimum absolute atomic E-state index is 0. The second-order valence-corrected chi connectivity index (χ2v) is 7.22. The second kappa shape index (κ2) is 21.8. The van der Waals surface area contributed by atoms with Crippen LogP contribution >= 0.6 is 0 Å². The number of carboxylic acid groups (broad SMARTS) is 2. The van der Waals surface area contributed by atoms with Crippen molar-refractivity contribution in [3.8, 4) is 0 Å². The Hall–Kier alpha value is -1.51. The molecule has 0 saturated carbocycles. The average Bonchev–Trinajstić information content (AvgIpc) is 2.51. The number of hydrogen-bond acceptors (Lipinski definition) is 8. The van der Waals surface area contributed by atoms with Gasteiger partial charge in [-0.25, -0.2) is 0 Å². The van der Waals surface area contributed by atoms with E-state index in [-0.39, 0.29) is 33.9 Å². The number of carboxylic acids is 2. The number of aliphatic hydroxyl groups excluding tert-OH is 2. The molecule has 0 rings (SSSR count). The number of aliphatic hydroxyl groups is 2. The zero-order chi connectivity index (χ0) is 28.4. The van der Waals surface area contributed by atoms with Gasteiger partial charge in [0.25, 0.3) is 0 Å². The summed E-state index contributed by atoms with van der Waals surface area (Å²) in [6.45, 7) is 9.23. The minimum atomic E-state index is -4.67. The van der Waals surface area contributed by atoms with Crippen LogP contribution in [-0.2, 0) is 40.9 Å². The van der Waals surface area contributed by atoms with Gasteiger partial charge in [0.1, 0.15) is 11.8 Å². The predicted molar refractivity (Wildman–Crippen MR) is 104 cm³/mol. The molecule has 2 atom stereocenters. The Balaban J connectivity index is -0.000000128. The maximum atomic E-state index is 12.0. The van der Waals surface area contributed by atoms with Crippen LogP contribution in [0, 0.1) is 11.8 Å². The van der Waals surface area contributed by atoms with Gasteiger partial charge in [-0.3, -0.25) is 9.59 Å². The van der Waals surface area contributed by atoms with Crippen molar-refractivity contribution < 1.29 is 87.7 Å². The molecule has 0 fully saturated rings. The molecular formula is C20H32F6O8Ti. The van der Waals surface area contributed by atoms with Crippen molar-refractivity contribution in [2.45, 2.75) is 91.8 Å². The van der Waals surface area contributed by atoms with E-state index in [0.717, 1.165) is 0 Å². The van der Waals surface area contributed by atoms with Crippen LogP contribution in [0.15, 0.2) is 0 Å². The fourth-order valence-electron chi connectivity index (χ4n) is 1.81. The van der Waals surface area contributed by atoms with Gasteiger partial charge in [0.2, 0.25) is 0 Å². The normalized spacial score (nSPS) is 12.3. The number of carbonyl (C=O) groups excluding carboxylic acids is 4. The van der Waals surface area contributed by atoms with Crippen LogP contribution in [0.1, 0.15) is 67.2 Å². The first-order chi connectivity index (χ1) is 15.0. The molecule has 0 bridgehead atoms. The largest absolute Gasteiger partial charge is 2.00 e. The second-order valence-electron chi connectivity index (χ2n) is 7.22. The van der Waals surface area contributed by atoms with E-state index in [0.29, 0.717) is 0 Å². The van der Waals surface area contributed by atoms with E-state index < -0.39 is 73.4 Å². The van der Waals surface area contributed by atoms with Crippen LogP contribution in [0.25, 0.3) is 0 Å². The van der Waals surface area contributed by atoms with Crippen LogP contribution in [-0.4, -0.2) is 58.3 Å². The number of hydrogen-bond donors (Lipinski definition) is 2. The summed E-state index contributed by atoms with van der Waals surface area (Å²) in [6, 6.07) is 0. The predicted octanol–water partition coefficient (Wildman–Crippen LogP) is 1.34. The number of ketones is 2. The van der Waals surface area contributed by atoms with Crippen molar-refractivity contribution in [2.75, 3.05) is 0 Å². The van der Waals surface area contributed by atoms with Crippen LogP contribution in [0.3, 0.4) is 0 Å². The van der Waals surface area contributed by atoms with Gasteiger partial charge in [-0.05, 0) is 40.5 Å². The monoisotopic (exact) mass is 562 g/mol. The Bertz CT molecular complexity index is 550. The molecule has 206 valence electrons. The van der Waals surface area contributed by atoms with E-state index >= 15 is 0 Å². The Kier molecular flexibility index (Phi) is 27.1. The topological polar surface area (TPSA) is 155 Å². The summed E-state index contributed by atoms with van der Waals surface area (Å²) in [6.07, 6.45) is -12.9. The summed E-state index contributed by atoms with van der Waals surface area (Å²) < 4.78 is 71.9. The van der Waals surface area contributed by atoms with Gasteiger partial charge < -0.3 is 30.0 Å². The number of rotatable bonds is 8. The first-order valence-electron chi connectivity index (χ1n) is 9.98. The molecule has 2 N–H and O–H groups in total. The van der Waals surface area contributed by atoms with Gasteiger partial charge in [0.05, 0.1) is 0 Å². The van der Waals surface area contributed by atoms with Crippen molar-refractivity contribution in [1.29, 1.82) is 0 Å². The number of Topliss-reactive ketones (excluding diaryl/α,β-unsaturated/α-hetero) is 2. The Labute approximate surface area is 215 Å². The third kappa shape index (κ3) is 32.5. The summed E-state index contributed by atoms with van der Waals surface area (Å²) in [5.74, 6) is -10.7. The van der Waals surface area contributed by atoms with E-state index in [1.807, 2.05) is 0 Å². The molecular weight excluding hydrogens is 530 g/mol. The van der Waals surface area contributed by atoms with Crippen LogP contribution in [0.4, 0.5) is 26.3 Å². The van der Waals surface area contributed by atoms with Crippen molar-refractivity contribution in [2.24, 2.45) is 11.8 Å². The SMILES string of the molecule is CC(C)O.CC(C)O.CCC(C(=O)CC(=O)[O-])C(F)(F)F.CCC(C(=O)CC(=O)[O-])C(F)(F)F.[Ti+2]. The Morgan fingerprint density at radius 3 is 0.914 bits per heavy atom. The van der Waals surface area contributed by atoms with Crippen LogP contribution < -0.4 is 10.2 Å².